The fourth-order valence-electron chi connectivity index (χ4n) is 4.35. The van der Waals surface area contributed by atoms with E-state index in [4.69, 9.17) is 4.98 Å². The van der Waals surface area contributed by atoms with Gasteiger partial charge in [-0.3, -0.25) is 4.98 Å². The predicted octanol–water partition coefficient (Wildman–Crippen LogP) is 2.48. The molecule has 0 aromatic carbocycles. The van der Waals surface area contributed by atoms with Crippen molar-refractivity contribution >= 4 is 33.1 Å². The second-order valence-corrected chi connectivity index (χ2v) is 12.4. The third kappa shape index (κ3) is 4.02. The molecule has 32 heavy (non-hydrogen) atoms. The van der Waals surface area contributed by atoms with Crippen molar-refractivity contribution in [2.24, 2.45) is 0 Å². The van der Waals surface area contributed by atoms with Crippen LogP contribution in [0.5, 0.6) is 0 Å². The van der Waals surface area contributed by atoms with E-state index in [9.17, 15) is 23.4 Å². The van der Waals surface area contributed by atoms with Crippen LogP contribution in [-0.4, -0.2) is 34.6 Å². The Kier molecular flexibility index (Phi) is 5.60. The number of sulfonamides is 1. The van der Waals surface area contributed by atoms with Gasteiger partial charge in [0.1, 0.15) is 10.6 Å². The highest BCUT2D eigenvalue weighted by molar-refractivity contribution is 7.92. The minimum absolute atomic E-state index is 0.0991. The number of anilines is 1. The standard InChI is InChI=1S/C21H28N4O5S2/c1-20(2)9-8-12-15(11-6-5-7-13(11)22-16(12)20)24-19(27)25-32(29,30)17-14(10-26)23-18(31-17)21(3,4)28/h26,28H,5-10H2,1-4H3,(H2,22,24,25,27). The van der Waals surface area contributed by atoms with Gasteiger partial charge in [0.05, 0.1) is 23.7 Å². The lowest BCUT2D eigenvalue weighted by molar-refractivity contribution is 0.0779. The lowest BCUT2D eigenvalue weighted by Gasteiger charge is -2.21. The van der Waals surface area contributed by atoms with E-state index in [1.54, 1.807) is 0 Å². The summed E-state index contributed by atoms with van der Waals surface area (Å²) in [5, 5.41) is 22.6. The summed E-state index contributed by atoms with van der Waals surface area (Å²) < 4.78 is 27.6. The number of pyridine rings is 1. The summed E-state index contributed by atoms with van der Waals surface area (Å²) in [6, 6.07) is -0.876. The number of nitrogens with one attached hydrogen (secondary N) is 2. The Morgan fingerprint density at radius 2 is 1.91 bits per heavy atom. The van der Waals surface area contributed by atoms with Gasteiger partial charge in [0.2, 0.25) is 0 Å². The maximum absolute atomic E-state index is 12.9. The lowest BCUT2D eigenvalue weighted by atomic mass is 9.90. The number of hydrogen-bond acceptors (Lipinski definition) is 8. The van der Waals surface area contributed by atoms with Crippen LogP contribution in [0.3, 0.4) is 0 Å². The van der Waals surface area contributed by atoms with Gasteiger partial charge in [-0.15, -0.1) is 11.3 Å². The van der Waals surface area contributed by atoms with Crippen LogP contribution >= 0.6 is 11.3 Å². The summed E-state index contributed by atoms with van der Waals surface area (Å²) in [6.07, 6.45) is 4.25. The van der Waals surface area contributed by atoms with E-state index in [2.05, 4.69) is 24.1 Å². The molecule has 4 rings (SSSR count). The van der Waals surface area contributed by atoms with Gasteiger partial charge in [-0.05, 0) is 57.1 Å². The van der Waals surface area contributed by atoms with Crippen molar-refractivity contribution in [1.29, 1.82) is 0 Å². The molecule has 0 radical (unpaired) electrons. The average Bonchev–Trinajstić information content (AvgIpc) is 3.38. The molecule has 0 spiro atoms. The zero-order chi connectivity index (χ0) is 23.5. The van der Waals surface area contributed by atoms with Crippen molar-refractivity contribution in [3.8, 4) is 0 Å². The fraction of sp³-hybridized carbons (Fsp3) is 0.571. The summed E-state index contributed by atoms with van der Waals surface area (Å²) in [5.74, 6) is 0. The molecule has 0 saturated carbocycles. The second-order valence-electron chi connectivity index (χ2n) is 9.51. The molecule has 2 heterocycles. The molecule has 4 N–H and O–H groups in total. The lowest BCUT2D eigenvalue weighted by Crippen LogP contribution is -2.35. The first-order valence-electron chi connectivity index (χ1n) is 10.6. The van der Waals surface area contributed by atoms with Crippen LogP contribution < -0.4 is 10.0 Å². The van der Waals surface area contributed by atoms with E-state index in [0.717, 1.165) is 66.0 Å². The number of fused-ring (bicyclic) bond motifs is 2. The maximum Gasteiger partial charge on any atom is 0.333 e. The first-order valence-corrected chi connectivity index (χ1v) is 12.9. The predicted molar refractivity (Wildman–Crippen MR) is 120 cm³/mol. The molecule has 9 nitrogen and oxygen atoms in total. The molecule has 2 aromatic rings. The summed E-state index contributed by atoms with van der Waals surface area (Å²) in [7, 11) is -4.31. The molecular weight excluding hydrogens is 452 g/mol. The fourth-order valence-corrected chi connectivity index (χ4v) is 6.77. The molecular formula is C21H28N4O5S2. The zero-order valence-electron chi connectivity index (χ0n) is 18.6. The molecule has 2 amide bonds. The Morgan fingerprint density at radius 3 is 2.56 bits per heavy atom. The van der Waals surface area contributed by atoms with Crippen LogP contribution in [0.1, 0.15) is 73.8 Å². The minimum Gasteiger partial charge on any atom is -0.390 e. The molecule has 2 aliphatic rings. The molecule has 2 aromatic heterocycles. The number of carbonyl (C=O) groups is 1. The molecule has 11 heteroatoms. The van der Waals surface area contributed by atoms with E-state index in [1.807, 2.05) is 4.72 Å². The first-order chi connectivity index (χ1) is 14.8. The zero-order valence-corrected chi connectivity index (χ0v) is 20.2. The Bertz CT molecular complexity index is 1200. The van der Waals surface area contributed by atoms with Gasteiger partial charge in [0.25, 0.3) is 10.0 Å². The van der Waals surface area contributed by atoms with Crippen molar-refractivity contribution in [2.75, 3.05) is 5.32 Å². The number of aliphatic hydroxyl groups excluding tert-OH is 1. The molecule has 0 bridgehead atoms. The van der Waals surface area contributed by atoms with Gasteiger partial charge in [-0.25, -0.2) is 22.9 Å². The Morgan fingerprint density at radius 1 is 1.19 bits per heavy atom. The molecule has 0 fully saturated rings. The number of aryl methyl sites for hydroxylation is 1. The number of aliphatic hydroxyl groups is 2. The Labute approximate surface area is 191 Å². The normalized spacial score (nSPS) is 17.2. The van der Waals surface area contributed by atoms with Crippen molar-refractivity contribution in [3.05, 3.63) is 33.2 Å². The van der Waals surface area contributed by atoms with Gasteiger partial charge >= 0.3 is 6.03 Å². The van der Waals surface area contributed by atoms with E-state index in [-0.39, 0.29) is 20.3 Å². The van der Waals surface area contributed by atoms with Crippen LogP contribution in [-0.2, 0) is 46.9 Å². The molecule has 0 aliphatic heterocycles. The third-order valence-electron chi connectivity index (χ3n) is 6.01. The molecule has 2 aliphatic carbocycles. The van der Waals surface area contributed by atoms with Crippen molar-refractivity contribution in [1.82, 2.24) is 14.7 Å². The number of hydrogen-bond donors (Lipinski definition) is 4. The van der Waals surface area contributed by atoms with E-state index < -0.39 is 28.3 Å². The highest BCUT2D eigenvalue weighted by Gasteiger charge is 2.37. The van der Waals surface area contributed by atoms with E-state index in [0.29, 0.717) is 5.69 Å². The third-order valence-corrected chi connectivity index (χ3v) is 9.30. The maximum atomic E-state index is 12.9. The minimum atomic E-state index is -4.31. The van der Waals surface area contributed by atoms with Crippen LogP contribution in [0.2, 0.25) is 0 Å². The Hall–Kier alpha value is -2.08. The quantitative estimate of drug-likeness (QED) is 0.515. The van der Waals surface area contributed by atoms with Gasteiger partial charge in [-0.1, -0.05) is 13.8 Å². The van der Waals surface area contributed by atoms with E-state index in [1.165, 1.54) is 13.8 Å². The summed E-state index contributed by atoms with van der Waals surface area (Å²) in [6.45, 7) is 6.56. The number of amides is 2. The van der Waals surface area contributed by atoms with Gasteiger partial charge in [0.15, 0.2) is 4.21 Å². The number of carbonyl (C=O) groups excluding carboxylic acids is 1. The number of nitrogens with zero attached hydrogens (tertiary/aromatic N) is 2. The van der Waals surface area contributed by atoms with Gasteiger partial charge in [0, 0.05) is 11.1 Å². The smallest absolute Gasteiger partial charge is 0.333 e. The van der Waals surface area contributed by atoms with Crippen molar-refractivity contribution in [3.63, 3.8) is 0 Å². The molecule has 174 valence electrons. The van der Waals surface area contributed by atoms with Crippen LogP contribution in [0.25, 0.3) is 0 Å². The van der Waals surface area contributed by atoms with Crippen LogP contribution in [0, 0.1) is 0 Å². The van der Waals surface area contributed by atoms with Crippen LogP contribution in [0.15, 0.2) is 4.21 Å². The molecule has 0 saturated heterocycles. The van der Waals surface area contributed by atoms with Crippen molar-refractivity contribution in [2.45, 2.75) is 81.6 Å². The first kappa shape index (κ1) is 23.1. The highest BCUT2D eigenvalue weighted by Crippen LogP contribution is 2.44. The van der Waals surface area contributed by atoms with Crippen LogP contribution in [0.4, 0.5) is 10.5 Å². The Balaban J connectivity index is 1.64. The SMILES string of the molecule is CC(C)(O)c1nc(CO)c(S(=O)(=O)NC(=O)Nc2c3c(nc4c2CCC4(C)C)CCC3)s1. The molecule has 0 atom stereocenters. The van der Waals surface area contributed by atoms with Crippen molar-refractivity contribution < 1.29 is 23.4 Å². The number of aromatic nitrogens is 2. The number of rotatable bonds is 5. The summed E-state index contributed by atoms with van der Waals surface area (Å²) >= 11 is 0.725. The summed E-state index contributed by atoms with van der Waals surface area (Å²) in [4.78, 5) is 21.7. The topological polar surface area (TPSA) is 142 Å². The molecule has 0 unspecified atom stereocenters. The number of thiazole rings is 1. The second kappa shape index (κ2) is 7.75. The number of urea groups is 1. The van der Waals surface area contributed by atoms with Gasteiger partial charge < -0.3 is 15.5 Å². The summed E-state index contributed by atoms with van der Waals surface area (Å²) in [5.41, 5.74) is 2.97. The van der Waals surface area contributed by atoms with E-state index >= 15 is 0 Å². The largest absolute Gasteiger partial charge is 0.390 e. The van der Waals surface area contributed by atoms with Gasteiger partial charge in [-0.2, -0.15) is 0 Å². The average molecular weight is 481 g/mol. The highest BCUT2D eigenvalue weighted by atomic mass is 32.2. The monoisotopic (exact) mass is 480 g/mol.